The number of aliphatic hydroxyl groups is 1. The fourth-order valence-electron chi connectivity index (χ4n) is 3.05. The van der Waals surface area contributed by atoms with E-state index < -0.39 is 0 Å². The van der Waals surface area contributed by atoms with E-state index in [1.807, 2.05) is 0 Å². The summed E-state index contributed by atoms with van der Waals surface area (Å²) in [5.74, 6) is 0. The third-order valence-corrected chi connectivity index (χ3v) is 4.03. The van der Waals surface area contributed by atoms with Crippen molar-refractivity contribution in [2.24, 2.45) is 0 Å². The minimum Gasteiger partial charge on any atom is -0.392 e. The van der Waals surface area contributed by atoms with E-state index in [9.17, 15) is 5.11 Å². The van der Waals surface area contributed by atoms with Crippen LogP contribution in [0.3, 0.4) is 0 Å². The van der Waals surface area contributed by atoms with Crippen LogP contribution < -0.4 is 5.32 Å². The molecule has 0 heterocycles. The zero-order chi connectivity index (χ0) is 10.5. The minimum absolute atomic E-state index is 0.0815. The summed E-state index contributed by atoms with van der Waals surface area (Å²) in [4.78, 5) is 0. The molecule has 0 aromatic carbocycles. The number of hydrogen-bond acceptors (Lipinski definition) is 2. The van der Waals surface area contributed by atoms with Crippen molar-refractivity contribution in [3.05, 3.63) is 0 Å². The van der Waals surface area contributed by atoms with Gasteiger partial charge in [0.1, 0.15) is 0 Å². The summed E-state index contributed by atoms with van der Waals surface area (Å²) in [6, 6.07) is 1.08. The van der Waals surface area contributed by atoms with E-state index in [4.69, 9.17) is 0 Å². The Hall–Kier alpha value is -0.0800. The highest BCUT2D eigenvalue weighted by molar-refractivity contribution is 4.84. The molecule has 0 spiro atoms. The molecule has 0 saturated heterocycles. The zero-order valence-corrected chi connectivity index (χ0v) is 9.75. The van der Waals surface area contributed by atoms with Crippen LogP contribution in [0.4, 0.5) is 0 Å². The van der Waals surface area contributed by atoms with E-state index in [2.05, 4.69) is 5.32 Å². The predicted molar refractivity (Wildman–Crippen MR) is 62.9 cm³/mol. The standard InChI is InChI=1S/C13H25NO/c15-13-10-6-5-9-12(13)14-11-7-3-1-2-4-8-11/h11-15H,1-10H2/t12-,13-/m1/s1. The Labute approximate surface area is 93.5 Å². The van der Waals surface area contributed by atoms with Gasteiger partial charge < -0.3 is 10.4 Å². The molecule has 0 aliphatic heterocycles. The van der Waals surface area contributed by atoms with E-state index in [0.717, 1.165) is 6.42 Å². The maximum absolute atomic E-state index is 9.91. The molecule has 0 bridgehead atoms. The molecular weight excluding hydrogens is 186 g/mol. The van der Waals surface area contributed by atoms with Crippen LogP contribution in [0.15, 0.2) is 0 Å². The molecule has 0 radical (unpaired) electrons. The Morgan fingerprint density at radius 2 is 1.33 bits per heavy atom. The first-order valence-electron chi connectivity index (χ1n) is 6.80. The van der Waals surface area contributed by atoms with Crippen LogP contribution in [0.1, 0.15) is 64.2 Å². The average molecular weight is 211 g/mol. The fraction of sp³-hybridized carbons (Fsp3) is 1.00. The van der Waals surface area contributed by atoms with Gasteiger partial charge in [-0.1, -0.05) is 38.5 Å². The van der Waals surface area contributed by atoms with Gasteiger partial charge >= 0.3 is 0 Å². The number of aliphatic hydroxyl groups excluding tert-OH is 1. The smallest absolute Gasteiger partial charge is 0.0693 e. The van der Waals surface area contributed by atoms with Crippen molar-refractivity contribution < 1.29 is 5.11 Å². The summed E-state index contributed by atoms with van der Waals surface area (Å²) in [6.07, 6.45) is 12.8. The van der Waals surface area contributed by atoms with Gasteiger partial charge in [-0.3, -0.25) is 0 Å². The highest BCUT2D eigenvalue weighted by Crippen LogP contribution is 2.22. The molecule has 2 heteroatoms. The molecule has 2 aliphatic carbocycles. The molecule has 2 saturated carbocycles. The predicted octanol–water partition coefficient (Wildman–Crippen LogP) is 2.60. The minimum atomic E-state index is -0.0815. The van der Waals surface area contributed by atoms with Gasteiger partial charge in [0, 0.05) is 12.1 Å². The lowest BCUT2D eigenvalue weighted by atomic mass is 9.91. The van der Waals surface area contributed by atoms with Gasteiger partial charge in [0.15, 0.2) is 0 Å². The largest absolute Gasteiger partial charge is 0.392 e. The van der Waals surface area contributed by atoms with Crippen molar-refractivity contribution in [3.8, 4) is 0 Å². The lowest BCUT2D eigenvalue weighted by molar-refractivity contribution is 0.0836. The van der Waals surface area contributed by atoms with Crippen LogP contribution in [0, 0.1) is 0 Å². The van der Waals surface area contributed by atoms with E-state index in [-0.39, 0.29) is 6.10 Å². The molecule has 2 aliphatic rings. The second kappa shape index (κ2) is 5.86. The lowest BCUT2D eigenvalue weighted by Gasteiger charge is -2.32. The Balaban J connectivity index is 1.78. The number of rotatable bonds is 2. The molecule has 0 aromatic heterocycles. The third kappa shape index (κ3) is 3.46. The summed E-state index contributed by atoms with van der Waals surface area (Å²) < 4.78 is 0. The van der Waals surface area contributed by atoms with Crippen molar-refractivity contribution in [2.45, 2.75) is 82.4 Å². The van der Waals surface area contributed by atoms with Crippen LogP contribution in [0.25, 0.3) is 0 Å². The van der Waals surface area contributed by atoms with Gasteiger partial charge in [-0.15, -0.1) is 0 Å². The van der Waals surface area contributed by atoms with Crippen LogP contribution in [0.5, 0.6) is 0 Å². The molecule has 0 aromatic rings. The normalized spacial score (nSPS) is 35.0. The van der Waals surface area contributed by atoms with Gasteiger partial charge in [0.25, 0.3) is 0 Å². The number of nitrogens with one attached hydrogen (secondary N) is 1. The third-order valence-electron chi connectivity index (χ3n) is 4.03. The molecule has 2 rings (SSSR count). The molecule has 2 fully saturated rings. The quantitative estimate of drug-likeness (QED) is 0.688. The van der Waals surface area contributed by atoms with Crippen LogP contribution in [-0.2, 0) is 0 Å². The van der Waals surface area contributed by atoms with Gasteiger partial charge in [-0.05, 0) is 25.7 Å². The van der Waals surface area contributed by atoms with Crippen LogP contribution in [-0.4, -0.2) is 23.3 Å². The van der Waals surface area contributed by atoms with Gasteiger partial charge in [0.05, 0.1) is 6.10 Å². The van der Waals surface area contributed by atoms with Crippen molar-refractivity contribution in [1.29, 1.82) is 0 Å². The van der Waals surface area contributed by atoms with Crippen molar-refractivity contribution >= 4 is 0 Å². The van der Waals surface area contributed by atoms with Crippen molar-refractivity contribution in [3.63, 3.8) is 0 Å². The average Bonchev–Trinajstić information content (AvgIpc) is 2.50. The maximum atomic E-state index is 9.91. The van der Waals surface area contributed by atoms with Crippen LogP contribution in [0.2, 0.25) is 0 Å². The van der Waals surface area contributed by atoms with Crippen LogP contribution >= 0.6 is 0 Å². The van der Waals surface area contributed by atoms with Gasteiger partial charge in [-0.2, -0.15) is 0 Å². The summed E-state index contributed by atoms with van der Waals surface area (Å²) in [6.45, 7) is 0. The molecule has 2 atom stereocenters. The fourth-order valence-corrected chi connectivity index (χ4v) is 3.05. The van der Waals surface area contributed by atoms with Crippen molar-refractivity contribution in [2.75, 3.05) is 0 Å². The SMILES string of the molecule is O[C@@H]1CCCC[C@H]1NC1CCCCCC1. The zero-order valence-electron chi connectivity index (χ0n) is 9.75. The second-order valence-corrected chi connectivity index (χ2v) is 5.31. The highest BCUT2D eigenvalue weighted by atomic mass is 16.3. The monoisotopic (exact) mass is 211 g/mol. The van der Waals surface area contributed by atoms with Gasteiger partial charge in [-0.25, -0.2) is 0 Å². The summed E-state index contributed by atoms with van der Waals surface area (Å²) >= 11 is 0. The first-order chi connectivity index (χ1) is 7.36. The van der Waals surface area contributed by atoms with E-state index in [1.54, 1.807) is 0 Å². The molecule has 2 nitrogen and oxygen atoms in total. The lowest BCUT2D eigenvalue weighted by Crippen LogP contribution is -2.46. The van der Waals surface area contributed by atoms with E-state index >= 15 is 0 Å². The highest BCUT2D eigenvalue weighted by Gasteiger charge is 2.25. The first kappa shape index (κ1) is 11.4. The molecule has 0 amide bonds. The molecule has 0 unspecified atom stereocenters. The summed E-state index contributed by atoms with van der Waals surface area (Å²) in [5.41, 5.74) is 0. The second-order valence-electron chi connectivity index (χ2n) is 5.31. The van der Waals surface area contributed by atoms with Crippen molar-refractivity contribution in [1.82, 2.24) is 5.32 Å². The first-order valence-corrected chi connectivity index (χ1v) is 6.80. The topological polar surface area (TPSA) is 32.3 Å². The van der Waals surface area contributed by atoms with Gasteiger partial charge in [0.2, 0.25) is 0 Å². The Kier molecular flexibility index (Phi) is 4.45. The van der Waals surface area contributed by atoms with E-state index in [0.29, 0.717) is 12.1 Å². The Morgan fingerprint density at radius 3 is 2.00 bits per heavy atom. The molecule has 15 heavy (non-hydrogen) atoms. The maximum Gasteiger partial charge on any atom is 0.0693 e. The summed E-state index contributed by atoms with van der Waals surface area (Å²) in [7, 11) is 0. The number of hydrogen-bond donors (Lipinski definition) is 2. The molecular formula is C13H25NO. The Morgan fingerprint density at radius 1 is 0.733 bits per heavy atom. The Bertz CT molecular complexity index is 175. The molecule has 88 valence electrons. The molecule has 2 N–H and O–H groups in total. The summed E-state index contributed by atoms with van der Waals surface area (Å²) in [5, 5.41) is 13.6. The van der Waals surface area contributed by atoms with E-state index in [1.165, 1.54) is 57.8 Å².